The fourth-order valence-electron chi connectivity index (χ4n) is 6.54. The molecule has 2 aromatic carbocycles. The molecule has 2 aliphatic heterocycles. The van der Waals surface area contributed by atoms with Gasteiger partial charge >= 0.3 is 12.2 Å². The summed E-state index contributed by atoms with van der Waals surface area (Å²) in [6, 6.07) is 19.0. The molecule has 2 fully saturated rings. The lowest BCUT2D eigenvalue weighted by molar-refractivity contribution is -0.131. The largest absolute Gasteiger partial charge is 0.497 e. The molecule has 0 unspecified atom stereocenters. The van der Waals surface area contributed by atoms with Crippen molar-refractivity contribution in [1.82, 2.24) is 29.4 Å². The third-order valence-corrected chi connectivity index (χ3v) is 9.69. The lowest BCUT2D eigenvalue weighted by atomic mass is 9.98. The van der Waals surface area contributed by atoms with Gasteiger partial charge in [-0.2, -0.15) is 10.2 Å². The van der Waals surface area contributed by atoms with Gasteiger partial charge in [0.15, 0.2) is 5.82 Å². The summed E-state index contributed by atoms with van der Waals surface area (Å²) in [7, 11) is 3.25. The average molecular weight is 773 g/mol. The van der Waals surface area contributed by atoms with Crippen molar-refractivity contribution in [1.29, 1.82) is 0 Å². The van der Waals surface area contributed by atoms with E-state index in [0.29, 0.717) is 44.4 Å². The number of methoxy groups -OCH3 is 2. The molecule has 0 saturated carbocycles. The van der Waals surface area contributed by atoms with Gasteiger partial charge in [0.1, 0.15) is 34.0 Å². The summed E-state index contributed by atoms with van der Waals surface area (Å²) in [5, 5.41) is 18.2. The summed E-state index contributed by atoms with van der Waals surface area (Å²) in [6.45, 7) is 14.5. The Morgan fingerprint density at radius 1 is 0.732 bits per heavy atom. The summed E-state index contributed by atoms with van der Waals surface area (Å²) in [5.74, 6) is 2.36. The average Bonchev–Trinajstić information content (AvgIpc) is 3.80. The Labute approximate surface area is 327 Å². The first-order valence-corrected chi connectivity index (χ1v) is 18.3. The second-order valence-electron chi connectivity index (χ2n) is 15.5. The Morgan fingerprint density at radius 3 is 1.80 bits per heavy atom. The second kappa shape index (κ2) is 16.4. The smallest absolute Gasteiger partial charge is 0.411 e. The van der Waals surface area contributed by atoms with E-state index in [1.165, 1.54) is 9.80 Å². The van der Waals surface area contributed by atoms with E-state index < -0.39 is 28.9 Å². The maximum Gasteiger partial charge on any atom is 0.411 e. The Kier molecular flexibility index (Phi) is 12.0. The van der Waals surface area contributed by atoms with Gasteiger partial charge in [0, 0.05) is 44.5 Å². The van der Waals surface area contributed by atoms with Crippen LogP contribution in [0.15, 0.2) is 73.1 Å². The number of carboxylic acid groups (broad SMARTS) is 1. The topological polar surface area (TPSA) is 165 Å². The van der Waals surface area contributed by atoms with Crippen LogP contribution in [-0.4, -0.2) is 116 Å². The molecule has 0 spiro atoms. The van der Waals surface area contributed by atoms with Gasteiger partial charge in [0.2, 0.25) is 0 Å². The molecule has 0 radical (unpaired) electrons. The summed E-state index contributed by atoms with van der Waals surface area (Å²) in [4.78, 5) is 56.0. The van der Waals surface area contributed by atoms with Gasteiger partial charge in [-0.05, 0) is 83.9 Å². The normalized spacial score (nSPS) is 16.6. The quantitative estimate of drug-likeness (QED) is 0.247. The highest BCUT2D eigenvalue weighted by molar-refractivity contribution is 6.02. The van der Waals surface area contributed by atoms with E-state index in [1.54, 1.807) is 73.3 Å². The third kappa shape index (κ3) is 9.07. The maximum absolute atomic E-state index is 13.2. The Morgan fingerprint density at radius 2 is 1.25 bits per heavy atom. The number of rotatable bonds is 8. The molecular formula is C40H52N8O8. The van der Waals surface area contributed by atoms with Crippen molar-refractivity contribution in [2.24, 2.45) is 0 Å². The third-order valence-electron chi connectivity index (χ3n) is 9.69. The van der Waals surface area contributed by atoms with Crippen molar-refractivity contribution in [3.05, 3.63) is 84.2 Å². The zero-order valence-electron chi connectivity index (χ0n) is 33.6. The molecular weight excluding hydrogens is 720 g/mol. The molecule has 0 aliphatic carbocycles. The van der Waals surface area contributed by atoms with E-state index in [2.05, 4.69) is 10.2 Å². The number of benzene rings is 2. The lowest BCUT2D eigenvalue weighted by Gasteiger charge is -2.45. The van der Waals surface area contributed by atoms with Crippen LogP contribution in [0.25, 0.3) is 0 Å². The predicted molar refractivity (Wildman–Crippen MR) is 209 cm³/mol. The van der Waals surface area contributed by atoms with E-state index in [0.717, 1.165) is 22.6 Å². The number of anilines is 2. The molecule has 4 heterocycles. The minimum atomic E-state index is -1.13. The zero-order valence-corrected chi connectivity index (χ0v) is 33.6. The Hall–Kier alpha value is -6.06. The number of hydrogen-bond donors (Lipinski definition) is 1. The van der Waals surface area contributed by atoms with E-state index in [4.69, 9.17) is 14.2 Å². The molecule has 0 atom stereocenters. The van der Waals surface area contributed by atoms with Gasteiger partial charge in [-0.1, -0.05) is 24.3 Å². The van der Waals surface area contributed by atoms with Gasteiger partial charge in [0.25, 0.3) is 11.8 Å². The van der Waals surface area contributed by atoms with E-state index in [-0.39, 0.29) is 18.4 Å². The van der Waals surface area contributed by atoms with Gasteiger partial charge in [-0.3, -0.25) is 33.9 Å². The van der Waals surface area contributed by atoms with Gasteiger partial charge < -0.3 is 19.3 Å². The number of hydrogen-bond acceptors (Lipinski definition) is 9. The number of carbonyl (C=O) groups is 4. The predicted octanol–water partition coefficient (Wildman–Crippen LogP) is 5.35. The standard InChI is InChI=1S/C22H30N4O4.C18H22N4O4/c1-21(2,3)30-20(28)26-14-13-25(19(27)22(26,4)5)18-11-12-24(23-18)15-16-7-9-17(29-6)10-8-16;1-18(2)16(23)20(10-11-21(18)17(24)25)15-8-9-19-22(15)12-13-4-6-14(26-3)7-5-13/h7-12H,13-15H2,1-6H3;4-9H,10-12H2,1-3H3,(H,24,25). The van der Waals surface area contributed by atoms with Gasteiger partial charge in [-0.25, -0.2) is 14.3 Å². The van der Waals surface area contributed by atoms with Crippen molar-refractivity contribution < 1.29 is 38.5 Å². The van der Waals surface area contributed by atoms with Crippen LogP contribution in [0, 0.1) is 0 Å². The molecule has 16 heteroatoms. The van der Waals surface area contributed by atoms with Gasteiger partial charge in [-0.15, -0.1) is 0 Å². The van der Waals surface area contributed by atoms with Crippen LogP contribution in [-0.2, 0) is 27.4 Å². The van der Waals surface area contributed by atoms with E-state index in [1.807, 2.05) is 81.6 Å². The van der Waals surface area contributed by atoms with Crippen molar-refractivity contribution in [3.8, 4) is 11.5 Å². The minimum Gasteiger partial charge on any atom is -0.497 e. The highest BCUT2D eigenvalue weighted by Crippen LogP contribution is 2.29. The highest BCUT2D eigenvalue weighted by Gasteiger charge is 2.47. The summed E-state index contributed by atoms with van der Waals surface area (Å²) < 4.78 is 19.4. The van der Waals surface area contributed by atoms with Crippen molar-refractivity contribution >= 4 is 35.6 Å². The van der Waals surface area contributed by atoms with E-state index >= 15 is 0 Å². The Bertz CT molecular complexity index is 2010. The van der Waals surface area contributed by atoms with Crippen LogP contribution in [0.2, 0.25) is 0 Å². The van der Waals surface area contributed by atoms with Crippen molar-refractivity contribution in [2.45, 2.75) is 78.2 Å². The fraction of sp³-hybridized carbons (Fsp3) is 0.450. The number of nitrogens with zero attached hydrogens (tertiary/aromatic N) is 8. The molecule has 16 nitrogen and oxygen atoms in total. The number of ether oxygens (including phenoxy) is 3. The van der Waals surface area contributed by atoms with Crippen LogP contribution in [0.3, 0.4) is 0 Å². The Balaban J connectivity index is 0.000000216. The zero-order chi connectivity index (χ0) is 41.0. The van der Waals surface area contributed by atoms with Crippen molar-refractivity contribution in [3.63, 3.8) is 0 Å². The SMILES string of the molecule is COc1ccc(Cn2ccc(N3CCN(C(=O)OC(C)(C)C)C(C)(C)C3=O)n2)cc1.COc1ccc(Cn2nccc2N2CCN(C(=O)O)C(C)(C)C2=O)cc1. The summed E-state index contributed by atoms with van der Waals surface area (Å²) >= 11 is 0. The molecule has 56 heavy (non-hydrogen) atoms. The van der Waals surface area contributed by atoms with E-state index in [9.17, 15) is 24.3 Å². The number of piperazine rings is 2. The van der Waals surface area contributed by atoms with Crippen LogP contribution in [0.4, 0.5) is 21.2 Å². The first-order valence-electron chi connectivity index (χ1n) is 18.3. The molecule has 4 amide bonds. The first kappa shape index (κ1) is 41.1. The first-order chi connectivity index (χ1) is 26.3. The number of aromatic nitrogens is 4. The second-order valence-corrected chi connectivity index (χ2v) is 15.5. The summed E-state index contributed by atoms with van der Waals surface area (Å²) in [6.07, 6.45) is 1.92. The molecule has 4 aromatic rings. The number of carbonyl (C=O) groups excluding carboxylic acids is 3. The highest BCUT2D eigenvalue weighted by atomic mass is 16.6. The monoisotopic (exact) mass is 772 g/mol. The lowest BCUT2D eigenvalue weighted by Crippen LogP contribution is -2.65. The molecule has 300 valence electrons. The van der Waals surface area contributed by atoms with Crippen LogP contribution in [0.1, 0.15) is 59.6 Å². The molecule has 0 bridgehead atoms. The molecule has 6 rings (SSSR count). The molecule has 2 saturated heterocycles. The molecule has 1 N–H and O–H groups in total. The maximum atomic E-state index is 13.2. The van der Waals surface area contributed by atoms with Crippen LogP contribution < -0.4 is 19.3 Å². The number of amides is 4. The molecule has 2 aliphatic rings. The fourth-order valence-corrected chi connectivity index (χ4v) is 6.54. The van der Waals surface area contributed by atoms with Crippen LogP contribution in [0.5, 0.6) is 11.5 Å². The summed E-state index contributed by atoms with van der Waals surface area (Å²) in [5.41, 5.74) is -0.675. The van der Waals surface area contributed by atoms with Gasteiger partial charge in [0.05, 0.1) is 33.5 Å². The minimum absolute atomic E-state index is 0.186. The van der Waals surface area contributed by atoms with Crippen LogP contribution >= 0.6 is 0 Å². The molecule has 2 aromatic heterocycles. The van der Waals surface area contributed by atoms with Crippen molar-refractivity contribution in [2.75, 3.05) is 50.2 Å².